The maximum atomic E-state index is 12.0. The summed E-state index contributed by atoms with van der Waals surface area (Å²) in [6, 6.07) is -0.684. The van der Waals surface area contributed by atoms with E-state index < -0.39 is 6.04 Å². The number of amides is 2. The summed E-state index contributed by atoms with van der Waals surface area (Å²) in [7, 11) is 0. The van der Waals surface area contributed by atoms with Crippen molar-refractivity contribution in [2.24, 2.45) is 5.41 Å². The van der Waals surface area contributed by atoms with E-state index in [1.807, 2.05) is 20.8 Å². The van der Waals surface area contributed by atoms with E-state index >= 15 is 0 Å². The highest BCUT2D eigenvalue weighted by Gasteiger charge is 2.31. The Balaban J connectivity index is 2.52. The predicted octanol–water partition coefficient (Wildman–Crippen LogP) is 2.62. The minimum absolute atomic E-state index is 0.117. The van der Waals surface area contributed by atoms with Crippen LogP contribution in [0.3, 0.4) is 0 Å². The first kappa shape index (κ1) is 15.0. The fraction of sp³-hybridized carbons (Fsp3) is 0.857. The van der Waals surface area contributed by atoms with Gasteiger partial charge in [-0.3, -0.25) is 0 Å². The van der Waals surface area contributed by atoms with Gasteiger partial charge in [-0.2, -0.15) is 0 Å². The van der Waals surface area contributed by atoms with Gasteiger partial charge in [-0.25, -0.2) is 4.79 Å². The molecule has 0 heterocycles. The molecule has 0 saturated heterocycles. The van der Waals surface area contributed by atoms with Crippen LogP contribution in [-0.4, -0.2) is 23.9 Å². The highest BCUT2D eigenvalue weighted by Crippen LogP contribution is 2.27. The molecule has 1 aliphatic carbocycles. The Kier molecular flexibility index (Phi) is 4.77. The Morgan fingerprint density at radius 3 is 2.22 bits per heavy atom. The standard InChI is InChI=1S/C14H26N2O2/c1-13(2,3)11(10-17)15-12(18)16-14(4)8-6-5-7-9-14/h10-11H,5-9H2,1-4H3,(H2,15,16,18). The third kappa shape index (κ3) is 4.31. The molecule has 104 valence electrons. The van der Waals surface area contributed by atoms with E-state index in [9.17, 15) is 9.59 Å². The van der Waals surface area contributed by atoms with Crippen molar-refractivity contribution in [1.29, 1.82) is 0 Å². The second-order valence-corrected chi connectivity index (χ2v) is 6.70. The Hall–Kier alpha value is -1.06. The molecule has 1 saturated carbocycles. The lowest BCUT2D eigenvalue weighted by molar-refractivity contribution is -0.111. The molecule has 0 bridgehead atoms. The average molecular weight is 254 g/mol. The van der Waals surface area contributed by atoms with Crippen LogP contribution in [-0.2, 0) is 4.79 Å². The minimum atomic E-state index is -0.454. The van der Waals surface area contributed by atoms with Crippen LogP contribution >= 0.6 is 0 Å². The topological polar surface area (TPSA) is 58.2 Å². The molecule has 0 aromatic carbocycles. The molecule has 0 spiro atoms. The first-order chi connectivity index (χ1) is 8.27. The second-order valence-electron chi connectivity index (χ2n) is 6.70. The van der Waals surface area contributed by atoms with E-state index in [2.05, 4.69) is 17.6 Å². The average Bonchev–Trinajstić information content (AvgIpc) is 2.24. The molecular weight excluding hydrogens is 228 g/mol. The molecule has 1 atom stereocenters. The molecule has 18 heavy (non-hydrogen) atoms. The van der Waals surface area contributed by atoms with Gasteiger partial charge in [0, 0.05) is 5.54 Å². The number of aldehydes is 1. The van der Waals surface area contributed by atoms with Gasteiger partial charge in [0.05, 0.1) is 6.04 Å². The first-order valence-electron chi connectivity index (χ1n) is 6.81. The number of carbonyl (C=O) groups excluding carboxylic acids is 2. The third-order valence-electron chi connectivity index (χ3n) is 3.73. The van der Waals surface area contributed by atoms with Crippen molar-refractivity contribution >= 4 is 12.3 Å². The molecule has 0 aromatic rings. The van der Waals surface area contributed by atoms with E-state index in [-0.39, 0.29) is 17.0 Å². The summed E-state index contributed by atoms with van der Waals surface area (Å²) in [6.07, 6.45) is 6.41. The van der Waals surface area contributed by atoms with Crippen LogP contribution in [0.1, 0.15) is 59.8 Å². The van der Waals surface area contributed by atoms with E-state index in [4.69, 9.17) is 0 Å². The second kappa shape index (κ2) is 5.72. The summed E-state index contributed by atoms with van der Waals surface area (Å²) >= 11 is 0. The highest BCUT2D eigenvalue weighted by atomic mass is 16.2. The molecule has 4 nitrogen and oxygen atoms in total. The SMILES string of the molecule is CC1(NC(=O)NC(C=O)C(C)(C)C)CCCCC1. The molecule has 4 heteroatoms. The van der Waals surface area contributed by atoms with Crippen LogP contribution < -0.4 is 10.6 Å². The van der Waals surface area contributed by atoms with Gasteiger partial charge in [-0.15, -0.1) is 0 Å². The summed E-state index contributed by atoms with van der Waals surface area (Å²) in [5.74, 6) is 0. The summed E-state index contributed by atoms with van der Waals surface area (Å²) in [6.45, 7) is 7.90. The number of urea groups is 1. The lowest BCUT2D eigenvalue weighted by Gasteiger charge is -2.36. The molecule has 1 fully saturated rings. The Morgan fingerprint density at radius 2 is 1.78 bits per heavy atom. The van der Waals surface area contributed by atoms with Crippen LogP contribution in [0.25, 0.3) is 0 Å². The third-order valence-corrected chi connectivity index (χ3v) is 3.73. The summed E-state index contributed by atoms with van der Waals surface area (Å²) in [5.41, 5.74) is -0.375. The van der Waals surface area contributed by atoms with E-state index in [0.29, 0.717) is 0 Å². The molecule has 1 rings (SSSR count). The fourth-order valence-electron chi connectivity index (χ4n) is 2.36. The molecule has 0 aliphatic heterocycles. The maximum Gasteiger partial charge on any atom is 0.315 e. The molecular formula is C14H26N2O2. The van der Waals surface area contributed by atoms with Gasteiger partial charge < -0.3 is 15.4 Å². The van der Waals surface area contributed by atoms with Crippen LogP contribution in [0.15, 0.2) is 0 Å². The molecule has 2 N–H and O–H groups in total. The maximum absolute atomic E-state index is 12.0. The van der Waals surface area contributed by atoms with Crippen molar-refractivity contribution in [2.45, 2.75) is 71.4 Å². The molecule has 1 unspecified atom stereocenters. The van der Waals surface area contributed by atoms with Crippen LogP contribution in [0.5, 0.6) is 0 Å². The van der Waals surface area contributed by atoms with Gasteiger partial charge in [-0.05, 0) is 25.2 Å². The van der Waals surface area contributed by atoms with Gasteiger partial charge in [0.2, 0.25) is 0 Å². The normalized spacial score (nSPS) is 20.9. The molecule has 2 amide bonds. The number of carbonyl (C=O) groups is 2. The summed E-state index contributed by atoms with van der Waals surface area (Å²) in [4.78, 5) is 23.0. The van der Waals surface area contributed by atoms with Crippen molar-refractivity contribution < 1.29 is 9.59 Å². The Bertz CT molecular complexity index is 301. The van der Waals surface area contributed by atoms with Crippen molar-refractivity contribution in [2.75, 3.05) is 0 Å². The van der Waals surface area contributed by atoms with Crippen molar-refractivity contribution in [3.8, 4) is 0 Å². The zero-order chi connectivity index (χ0) is 13.8. The van der Waals surface area contributed by atoms with E-state index in [1.54, 1.807) is 0 Å². The predicted molar refractivity (Wildman–Crippen MR) is 72.5 cm³/mol. The van der Waals surface area contributed by atoms with E-state index in [0.717, 1.165) is 32.0 Å². The molecule has 0 aromatic heterocycles. The number of hydrogen-bond donors (Lipinski definition) is 2. The summed E-state index contributed by atoms with van der Waals surface area (Å²) in [5, 5.41) is 5.78. The van der Waals surface area contributed by atoms with Gasteiger partial charge in [-0.1, -0.05) is 40.0 Å². The molecule has 1 aliphatic rings. The van der Waals surface area contributed by atoms with Crippen LogP contribution in [0, 0.1) is 5.41 Å². The van der Waals surface area contributed by atoms with Crippen LogP contribution in [0.4, 0.5) is 4.79 Å². The van der Waals surface area contributed by atoms with Crippen molar-refractivity contribution in [1.82, 2.24) is 10.6 Å². The van der Waals surface area contributed by atoms with E-state index in [1.165, 1.54) is 6.42 Å². The van der Waals surface area contributed by atoms with Gasteiger partial charge in [0.1, 0.15) is 6.29 Å². The number of nitrogens with one attached hydrogen (secondary N) is 2. The Labute approximate surface area is 110 Å². The smallest absolute Gasteiger partial charge is 0.315 e. The van der Waals surface area contributed by atoms with Gasteiger partial charge in [0.25, 0.3) is 0 Å². The lowest BCUT2D eigenvalue weighted by Crippen LogP contribution is -2.55. The van der Waals surface area contributed by atoms with Crippen molar-refractivity contribution in [3.63, 3.8) is 0 Å². The highest BCUT2D eigenvalue weighted by molar-refractivity contribution is 5.79. The quantitative estimate of drug-likeness (QED) is 0.761. The molecule has 0 radical (unpaired) electrons. The number of rotatable bonds is 3. The minimum Gasteiger partial charge on any atom is -0.333 e. The van der Waals surface area contributed by atoms with Crippen molar-refractivity contribution in [3.05, 3.63) is 0 Å². The monoisotopic (exact) mass is 254 g/mol. The van der Waals surface area contributed by atoms with Crippen LogP contribution in [0.2, 0.25) is 0 Å². The summed E-state index contributed by atoms with van der Waals surface area (Å²) < 4.78 is 0. The number of hydrogen-bond acceptors (Lipinski definition) is 2. The lowest BCUT2D eigenvalue weighted by atomic mass is 9.83. The fourth-order valence-corrected chi connectivity index (χ4v) is 2.36. The zero-order valence-electron chi connectivity index (χ0n) is 12.0. The van der Waals surface area contributed by atoms with Gasteiger partial charge >= 0.3 is 6.03 Å². The zero-order valence-corrected chi connectivity index (χ0v) is 12.0. The first-order valence-corrected chi connectivity index (χ1v) is 6.81. The van der Waals surface area contributed by atoms with Gasteiger partial charge in [0.15, 0.2) is 0 Å². The Morgan fingerprint density at radius 1 is 1.22 bits per heavy atom. The largest absolute Gasteiger partial charge is 0.333 e.